The lowest BCUT2D eigenvalue weighted by Crippen LogP contribution is -2.17. The third-order valence-electron chi connectivity index (χ3n) is 8.33. The van der Waals surface area contributed by atoms with E-state index in [4.69, 9.17) is 0 Å². The van der Waals surface area contributed by atoms with Gasteiger partial charge in [-0.15, -0.1) is 0 Å². The Morgan fingerprint density at radius 3 is 0.757 bits per heavy atom. The first kappa shape index (κ1) is 36.9. The van der Waals surface area contributed by atoms with Gasteiger partial charge < -0.3 is 10.2 Å². The van der Waals surface area contributed by atoms with E-state index in [1.807, 2.05) is 0 Å². The van der Waals surface area contributed by atoms with Crippen LogP contribution in [0.3, 0.4) is 0 Å². The highest BCUT2D eigenvalue weighted by Crippen LogP contribution is 2.17. The highest BCUT2D eigenvalue weighted by molar-refractivity contribution is 4.64. The van der Waals surface area contributed by atoms with Crippen molar-refractivity contribution < 1.29 is 10.2 Å². The predicted molar refractivity (Wildman–Crippen MR) is 166 cm³/mol. The maximum Gasteiger partial charge on any atom is 0.0564 e. The number of aliphatic hydroxyl groups is 2. The van der Waals surface area contributed by atoms with Crippen molar-refractivity contribution in [3.63, 3.8) is 0 Å². The fraction of sp³-hybridized carbons (Fsp3) is 1.00. The lowest BCUT2D eigenvalue weighted by atomic mass is 10.00. The fourth-order valence-electron chi connectivity index (χ4n) is 5.70. The third kappa shape index (κ3) is 32.0. The molecule has 2 nitrogen and oxygen atoms in total. The van der Waals surface area contributed by atoms with Gasteiger partial charge in [0.2, 0.25) is 0 Å². The predicted octanol–water partition coefficient (Wildman–Crippen LogP) is 11.8. The normalized spacial score (nSPS) is 13.3. The summed E-state index contributed by atoms with van der Waals surface area (Å²) in [6, 6.07) is 0. The molecule has 0 aliphatic rings. The zero-order chi connectivity index (χ0) is 27.1. The van der Waals surface area contributed by atoms with Gasteiger partial charge in [-0.1, -0.05) is 194 Å². The molecular formula is C35H72O2. The SMILES string of the molecule is CCCCCCCCCCCCCCCCCCCCCCCCCCCC(O)CC(O)CCCCC. The minimum Gasteiger partial charge on any atom is -0.393 e. The van der Waals surface area contributed by atoms with Crippen molar-refractivity contribution in [3.8, 4) is 0 Å². The first-order chi connectivity index (χ1) is 18.2. The van der Waals surface area contributed by atoms with Crippen LogP contribution in [-0.4, -0.2) is 22.4 Å². The van der Waals surface area contributed by atoms with Crippen molar-refractivity contribution in [2.24, 2.45) is 0 Å². The fourth-order valence-corrected chi connectivity index (χ4v) is 5.70. The number of rotatable bonds is 32. The Morgan fingerprint density at radius 1 is 0.297 bits per heavy atom. The molecule has 0 rings (SSSR count). The number of aliphatic hydroxyl groups excluding tert-OH is 2. The first-order valence-corrected chi connectivity index (χ1v) is 17.6. The van der Waals surface area contributed by atoms with Crippen LogP contribution in [-0.2, 0) is 0 Å². The summed E-state index contributed by atoms with van der Waals surface area (Å²) in [5.41, 5.74) is 0. The Balaban J connectivity index is 3.14. The quantitative estimate of drug-likeness (QED) is 0.0859. The molecule has 0 radical (unpaired) electrons. The summed E-state index contributed by atoms with van der Waals surface area (Å²) < 4.78 is 0. The Labute approximate surface area is 235 Å². The molecule has 0 bridgehead atoms. The van der Waals surface area contributed by atoms with Crippen LogP contribution >= 0.6 is 0 Å². The van der Waals surface area contributed by atoms with Crippen LogP contribution in [0, 0.1) is 0 Å². The molecule has 0 amide bonds. The molecule has 0 heterocycles. The van der Waals surface area contributed by atoms with Crippen LogP contribution in [0.4, 0.5) is 0 Å². The topological polar surface area (TPSA) is 40.5 Å². The van der Waals surface area contributed by atoms with E-state index >= 15 is 0 Å². The summed E-state index contributed by atoms with van der Waals surface area (Å²) in [4.78, 5) is 0. The molecule has 0 saturated carbocycles. The Kier molecular flexibility index (Phi) is 32.1. The van der Waals surface area contributed by atoms with Gasteiger partial charge in [0, 0.05) is 0 Å². The van der Waals surface area contributed by atoms with E-state index in [0.717, 1.165) is 25.7 Å². The minimum atomic E-state index is -0.305. The first-order valence-electron chi connectivity index (χ1n) is 17.6. The summed E-state index contributed by atoms with van der Waals surface area (Å²) in [7, 11) is 0. The van der Waals surface area contributed by atoms with Crippen molar-refractivity contribution >= 4 is 0 Å². The average molecular weight is 525 g/mol. The van der Waals surface area contributed by atoms with Crippen molar-refractivity contribution in [1.29, 1.82) is 0 Å². The van der Waals surface area contributed by atoms with Crippen LogP contribution in [0.15, 0.2) is 0 Å². The highest BCUT2D eigenvalue weighted by atomic mass is 16.3. The van der Waals surface area contributed by atoms with E-state index in [0.29, 0.717) is 6.42 Å². The van der Waals surface area contributed by atoms with Gasteiger partial charge in [0.1, 0.15) is 0 Å². The van der Waals surface area contributed by atoms with Gasteiger partial charge in [-0.2, -0.15) is 0 Å². The summed E-state index contributed by atoms with van der Waals surface area (Å²) in [6.07, 6.45) is 40.6. The molecule has 0 aromatic heterocycles. The van der Waals surface area contributed by atoms with Crippen molar-refractivity contribution in [1.82, 2.24) is 0 Å². The van der Waals surface area contributed by atoms with E-state index in [-0.39, 0.29) is 12.2 Å². The molecule has 0 saturated heterocycles. The van der Waals surface area contributed by atoms with Crippen LogP contribution in [0.25, 0.3) is 0 Å². The standard InChI is InChI=1S/C35H72O2/c1-3-5-7-8-9-10-11-12-13-14-15-16-17-18-19-20-21-22-23-24-25-26-27-28-30-32-35(37)33-34(36)31-29-6-4-2/h34-37H,3-33H2,1-2H3. The van der Waals surface area contributed by atoms with Gasteiger partial charge in [-0.25, -0.2) is 0 Å². The molecule has 2 N–H and O–H groups in total. The van der Waals surface area contributed by atoms with Crippen LogP contribution in [0.2, 0.25) is 0 Å². The molecule has 0 aliphatic carbocycles. The number of hydrogen-bond acceptors (Lipinski definition) is 2. The highest BCUT2D eigenvalue weighted by Gasteiger charge is 2.11. The molecule has 2 heteroatoms. The third-order valence-corrected chi connectivity index (χ3v) is 8.33. The molecule has 224 valence electrons. The maximum atomic E-state index is 10.1. The van der Waals surface area contributed by atoms with Crippen molar-refractivity contribution in [3.05, 3.63) is 0 Å². The van der Waals surface area contributed by atoms with E-state index < -0.39 is 0 Å². The van der Waals surface area contributed by atoms with Gasteiger partial charge in [0.05, 0.1) is 12.2 Å². The van der Waals surface area contributed by atoms with Crippen LogP contribution in [0.1, 0.15) is 213 Å². The van der Waals surface area contributed by atoms with Gasteiger partial charge in [-0.3, -0.25) is 0 Å². The lowest BCUT2D eigenvalue weighted by Gasteiger charge is -2.15. The molecular weight excluding hydrogens is 452 g/mol. The van der Waals surface area contributed by atoms with E-state index in [1.54, 1.807) is 0 Å². The summed E-state index contributed by atoms with van der Waals surface area (Å²) >= 11 is 0. The lowest BCUT2D eigenvalue weighted by molar-refractivity contribution is 0.0681. The van der Waals surface area contributed by atoms with Crippen molar-refractivity contribution in [2.75, 3.05) is 0 Å². The van der Waals surface area contributed by atoms with E-state index in [2.05, 4.69) is 13.8 Å². The van der Waals surface area contributed by atoms with Crippen LogP contribution < -0.4 is 0 Å². The maximum absolute atomic E-state index is 10.1. The van der Waals surface area contributed by atoms with E-state index in [9.17, 15) is 10.2 Å². The Bertz CT molecular complexity index is 397. The monoisotopic (exact) mass is 525 g/mol. The van der Waals surface area contributed by atoms with Gasteiger partial charge in [0.15, 0.2) is 0 Å². The zero-order valence-electron chi connectivity index (χ0n) is 26.0. The number of unbranched alkanes of at least 4 members (excludes halogenated alkanes) is 26. The Morgan fingerprint density at radius 2 is 0.486 bits per heavy atom. The van der Waals surface area contributed by atoms with Gasteiger partial charge >= 0.3 is 0 Å². The molecule has 0 spiro atoms. The molecule has 37 heavy (non-hydrogen) atoms. The molecule has 0 aromatic carbocycles. The summed E-state index contributed by atoms with van der Waals surface area (Å²) in [5, 5.41) is 20.1. The average Bonchev–Trinajstić information content (AvgIpc) is 2.88. The molecule has 0 fully saturated rings. The number of hydrogen-bond donors (Lipinski definition) is 2. The summed E-state index contributed by atoms with van der Waals surface area (Å²) in [5.74, 6) is 0. The van der Waals surface area contributed by atoms with E-state index in [1.165, 1.54) is 167 Å². The summed E-state index contributed by atoms with van der Waals surface area (Å²) in [6.45, 7) is 4.48. The molecule has 0 aliphatic heterocycles. The van der Waals surface area contributed by atoms with Gasteiger partial charge in [0.25, 0.3) is 0 Å². The second kappa shape index (κ2) is 32.1. The molecule has 2 unspecified atom stereocenters. The molecule has 0 aromatic rings. The minimum absolute atomic E-state index is 0.304. The smallest absolute Gasteiger partial charge is 0.0564 e. The van der Waals surface area contributed by atoms with Gasteiger partial charge in [-0.05, 0) is 19.3 Å². The largest absolute Gasteiger partial charge is 0.393 e. The van der Waals surface area contributed by atoms with Crippen molar-refractivity contribution in [2.45, 2.75) is 225 Å². The molecule has 2 atom stereocenters. The van der Waals surface area contributed by atoms with Crippen LogP contribution in [0.5, 0.6) is 0 Å². The second-order valence-corrected chi connectivity index (χ2v) is 12.3. The Hall–Kier alpha value is -0.0800. The second-order valence-electron chi connectivity index (χ2n) is 12.3. The zero-order valence-corrected chi connectivity index (χ0v) is 26.0.